The van der Waals surface area contributed by atoms with Gasteiger partial charge < -0.3 is 25.4 Å². The van der Waals surface area contributed by atoms with Gasteiger partial charge in [-0.1, -0.05) is 61.4 Å². The number of rotatable bonds is 5. The summed E-state index contributed by atoms with van der Waals surface area (Å²) in [6.07, 6.45) is 9.83. The minimum Gasteiger partial charge on any atom is -0.479 e. The van der Waals surface area contributed by atoms with Gasteiger partial charge in [0.15, 0.2) is 0 Å². The van der Waals surface area contributed by atoms with Crippen LogP contribution in [0.15, 0.2) is 73.1 Å². The zero-order valence-corrected chi connectivity index (χ0v) is 27.2. The third kappa shape index (κ3) is 6.42. The van der Waals surface area contributed by atoms with E-state index in [-0.39, 0.29) is 31.0 Å². The summed E-state index contributed by atoms with van der Waals surface area (Å²) in [5.41, 5.74) is 0.0399. The van der Waals surface area contributed by atoms with Crippen molar-refractivity contribution in [3.63, 3.8) is 0 Å². The predicted octanol–water partition coefficient (Wildman–Crippen LogP) is 4.11. The third-order valence-electron chi connectivity index (χ3n) is 9.79. The molecule has 0 spiro atoms. The second-order valence-electron chi connectivity index (χ2n) is 13.2. The van der Waals surface area contributed by atoms with Crippen LogP contribution in [0.4, 0.5) is 0 Å². The number of ether oxygens (including phenoxy) is 1. The van der Waals surface area contributed by atoms with Crippen molar-refractivity contribution < 1.29 is 29.0 Å². The fourth-order valence-electron chi connectivity index (χ4n) is 7.01. The number of aliphatic carboxylic acids is 1. The standard InChI is InChI=1S/C37H38N6O6/c1-22-19-39-30(20-38-22)32(44)40-29-16-6-4-2-3-5-11-23-18-37(23,36(47)48)42-33(45)31-17-24(21-43(31)35(29)46)49-34-27-14-8-7-12-25(27)26-13-9-10-15-28(26)41-34/h5,7-15,19-20,23-24,29,31H,2-4,6,16-18,21H2,1H3,(H,40,44)(H,42,45)(H,47,48)/t23?,24-,29+,31+,37-/m1/s1. The Morgan fingerprint density at radius 2 is 1.78 bits per heavy atom. The second-order valence-corrected chi connectivity index (χ2v) is 13.2. The first-order chi connectivity index (χ1) is 23.7. The summed E-state index contributed by atoms with van der Waals surface area (Å²) in [6.45, 7) is 1.80. The van der Waals surface area contributed by atoms with E-state index in [9.17, 15) is 24.3 Å². The number of aromatic nitrogens is 3. The molecular formula is C37H38N6O6. The molecule has 2 fully saturated rings. The monoisotopic (exact) mass is 662 g/mol. The number of nitrogens with one attached hydrogen (secondary N) is 2. The number of benzene rings is 2. The Bertz CT molecular complexity index is 1960. The van der Waals surface area contributed by atoms with Gasteiger partial charge in [0.05, 0.1) is 24.0 Å². The van der Waals surface area contributed by atoms with Crippen molar-refractivity contribution in [2.75, 3.05) is 6.54 Å². The van der Waals surface area contributed by atoms with E-state index in [1.165, 1.54) is 17.3 Å². The van der Waals surface area contributed by atoms with Gasteiger partial charge in [-0.05, 0) is 50.1 Å². The molecule has 5 atom stereocenters. The number of amides is 3. The summed E-state index contributed by atoms with van der Waals surface area (Å²) in [6, 6.07) is 13.5. The van der Waals surface area contributed by atoms with Crippen molar-refractivity contribution in [2.24, 2.45) is 5.92 Å². The largest absolute Gasteiger partial charge is 0.479 e. The van der Waals surface area contributed by atoms with Gasteiger partial charge in [-0.3, -0.25) is 19.4 Å². The summed E-state index contributed by atoms with van der Waals surface area (Å²) < 4.78 is 6.52. The van der Waals surface area contributed by atoms with E-state index in [0.29, 0.717) is 24.4 Å². The number of hydrogen-bond acceptors (Lipinski definition) is 8. The smallest absolute Gasteiger partial charge is 0.330 e. The summed E-state index contributed by atoms with van der Waals surface area (Å²) in [7, 11) is 0. The summed E-state index contributed by atoms with van der Waals surface area (Å²) in [4.78, 5) is 68.8. The normalized spacial score (nSPS) is 25.9. The van der Waals surface area contributed by atoms with E-state index in [2.05, 4.69) is 20.6 Å². The fraction of sp³-hybridized carbons (Fsp3) is 0.378. The second kappa shape index (κ2) is 13.3. The fourth-order valence-corrected chi connectivity index (χ4v) is 7.01. The van der Waals surface area contributed by atoms with E-state index < -0.39 is 47.4 Å². The van der Waals surface area contributed by atoms with Gasteiger partial charge in [-0.15, -0.1) is 0 Å². The zero-order valence-electron chi connectivity index (χ0n) is 27.2. The number of allylic oxidation sites excluding steroid dienone is 1. The molecule has 252 valence electrons. The van der Waals surface area contributed by atoms with E-state index in [1.54, 1.807) is 6.92 Å². The lowest BCUT2D eigenvalue weighted by Crippen LogP contribution is -2.56. The highest BCUT2D eigenvalue weighted by molar-refractivity contribution is 6.07. The Morgan fingerprint density at radius 3 is 2.55 bits per heavy atom. The average molecular weight is 663 g/mol. The molecule has 12 nitrogen and oxygen atoms in total. The molecule has 2 aliphatic heterocycles. The molecule has 1 saturated heterocycles. The zero-order chi connectivity index (χ0) is 34.1. The van der Waals surface area contributed by atoms with Gasteiger partial charge >= 0.3 is 5.97 Å². The lowest BCUT2D eigenvalue weighted by atomic mass is 10.0. The lowest BCUT2D eigenvalue weighted by Gasteiger charge is -2.29. The average Bonchev–Trinajstić information content (AvgIpc) is 3.64. The molecular weight excluding hydrogens is 624 g/mol. The van der Waals surface area contributed by atoms with Crippen LogP contribution in [0.1, 0.15) is 61.1 Å². The molecule has 1 saturated carbocycles. The molecule has 7 rings (SSSR count). The number of para-hydroxylation sites is 1. The molecule has 49 heavy (non-hydrogen) atoms. The van der Waals surface area contributed by atoms with Gasteiger partial charge in [-0.25, -0.2) is 14.8 Å². The molecule has 2 aromatic carbocycles. The molecule has 0 bridgehead atoms. The van der Waals surface area contributed by atoms with Crippen molar-refractivity contribution in [2.45, 2.75) is 75.6 Å². The summed E-state index contributed by atoms with van der Waals surface area (Å²) >= 11 is 0. The van der Waals surface area contributed by atoms with Gasteiger partial charge in [-0.2, -0.15) is 0 Å². The molecule has 1 unspecified atom stereocenters. The minimum absolute atomic E-state index is 0.0415. The SMILES string of the molecule is Cc1cnc(C(=O)N[C@H]2CCCCCC=CC3C[C@@]3(C(=O)O)NC(=O)[C@@H]3C[C@@H](Oc4nc5ccccc5c5ccccc45)CN3C2=O)cn1. The molecule has 12 heteroatoms. The van der Waals surface area contributed by atoms with E-state index >= 15 is 0 Å². The van der Waals surface area contributed by atoms with Gasteiger partial charge in [0.1, 0.15) is 29.4 Å². The Kier molecular flexibility index (Phi) is 8.70. The maximum absolute atomic E-state index is 14.4. The Balaban J connectivity index is 1.21. The highest BCUT2D eigenvalue weighted by Gasteiger charge is 2.61. The molecule has 3 N–H and O–H groups in total. The van der Waals surface area contributed by atoms with Crippen LogP contribution in [0.3, 0.4) is 0 Å². The highest BCUT2D eigenvalue weighted by Crippen LogP contribution is 2.45. The minimum atomic E-state index is -1.44. The molecule has 2 aromatic heterocycles. The number of aryl methyl sites for hydroxylation is 1. The molecule has 3 amide bonds. The first kappa shape index (κ1) is 32.2. The molecule has 0 radical (unpaired) electrons. The van der Waals surface area contributed by atoms with Crippen LogP contribution in [0, 0.1) is 12.8 Å². The molecule has 4 aromatic rings. The number of carbonyl (C=O) groups excluding carboxylic acids is 3. The Labute approximate surface area is 283 Å². The number of pyridine rings is 1. The number of hydrogen-bond donors (Lipinski definition) is 3. The van der Waals surface area contributed by atoms with Crippen molar-refractivity contribution in [3.8, 4) is 5.88 Å². The van der Waals surface area contributed by atoms with Crippen molar-refractivity contribution in [1.82, 2.24) is 30.5 Å². The molecule has 1 aliphatic carbocycles. The lowest BCUT2D eigenvalue weighted by molar-refractivity contribution is -0.145. The van der Waals surface area contributed by atoms with Crippen LogP contribution < -0.4 is 15.4 Å². The summed E-state index contributed by atoms with van der Waals surface area (Å²) in [5, 5.41) is 18.6. The summed E-state index contributed by atoms with van der Waals surface area (Å²) in [5.74, 6) is -2.63. The number of carboxylic acids is 1. The van der Waals surface area contributed by atoms with Gasteiger partial charge in [0.2, 0.25) is 17.7 Å². The quantitative estimate of drug-likeness (QED) is 0.211. The van der Waals surface area contributed by atoms with Crippen LogP contribution in [0.2, 0.25) is 0 Å². The Morgan fingerprint density at radius 1 is 1.00 bits per heavy atom. The number of nitrogens with zero attached hydrogens (tertiary/aromatic N) is 4. The van der Waals surface area contributed by atoms with Crippen molar-refractivity contribution in [3.05, 3.63) is 84.5 Å². The topological polar surface area (TPSA) is 164 Å². The van der Waals surface area contributed by atoms with Gasteiger partial charge in [0, 0.05) is 29.3 Å². The van der Waals surface area contributed by atoms with Crippen LogP contribution in [0.25, 0.3) is 21.7 Å². The van der Waals surface area contributed by atoms with Crippen molar-refractivity contribution in [1.29, 1.82) is 0 Å². The van der Waals surface area contributed by atoms with Crippen molar-refractivity contribution >= 4 is 45.4 Å². The molecule has 3 aliphatic rings. The highest BCUT2D eigenvalue weighted by atomic mass is 16.5. The third-order valence-corrected chi connectivity index (χ3v) is 9.79. The predicted molar refractivity (Wildman–Crippen MR) is 181 cm³/mol. The van der Waals surface area contributed by atoms with Crippen LogP contribution in [0.5, 0.6) is 5.88 Å². The van der Waals surface area contributed by atoms with Gasteiger partial charge in [0.25, 0.3) is 5.91 Å². The van der Waals surface area contributed by atoms with E-state index in [0.717, 1.165) is 40.9 Å². The van der Waals surface area contributed by atoms with E-state index in [4.69, 9.17) is 9.72 Å². The Hall–Kier alpha value is -5.39. The molecule has 4 heterocycles. The van der Waals surface area contributed by atoms with E-state index in [1.807, 2.05) is 60.7 Å². The first-order valence-electron chi connectivity index (χ1n) is 16.8. The van der Waals surface area contributed by atoms with Crippen LogP contribution in [-0.4, -0.2) is 78.9 Å². The number of carboxylic acid groups (broad SMARTS) is 1. The first-order valence-corrected chi connectivity index (χ1v) is 16.8. The van der Waals surface area contributed by atoms with Crippen LogP contribution >= 0.6 is 0 Å². The maximum Gasteiger partial charge on any atom is 0.330 e. The number of carbonyl (C=O) groups is 4. The number of fused-ring (bicyclic) bond motifs is 5. The van der Waals surface area contributed by atoms with Crippen LogP contribution in [-0.2, 0) is 14.4 Å². The maximum atomic E-state index is 14.4.